The lowest BCUT2D eigenvalue weighted by Gasteiger charge is -2.06. The number of hydrogen-bond donors (Lipinski definition) is 0. The fourth-order valence-electron chi connectivity index (χ4n) is 1.59. The summed E-state index contributed by atoms with van der Waals surface area (Å²) in [5.74, 6) is 0.200. The summed E-state index contributed by atoms with van der Waals surface area (Å²) >= 11 is 0. The predicted molar refractivity (Wildman–Crippen MR) is 68.1 cm³/mol. The van der Waals surface area contributed by atoms with Gasteiger partial charge in [0.25, 0.3) is 0 Å². The Morgan fingerprint density at radius 3 is 2.89 bits per heavy atom. The van der Waals surface area contributed by atoms with Crippen LogP contribution in [0.5, 0.6) is 5.75 Å². The first-order valence-electron chi connectivity index (χ1n) is 5.95. The van der Waals surface area contributed by atoms with E-state index in [-0.39, 0.29) is 18.5 Å². The molecule has 0 amide bonds. The summed E-state index contributed by atoms with van der Waals surface area (Å²) < 4.78 is 20.8. The van der Waals surface area contributed by atoms with E-state index in [9.17, 15) is 4.39 Å². The van der Waals surface area contributed by atoms with Crippen molar-refractivity contribution in [1.82, 2.24) is 9.78 Å². The van der Waals surface area contributed by atoms with Crippen LogP contribution in [0.2, 0.25) is 0 Å². The van der Waals surface area contributed by atoms with Gasteiger partial charge in [0.1, 0.15) is 12.4 Å². The van der Waals surface area contributed by atoms with E-state index in [1.54, 1.807) is 17.1 Å². The van der Waals surface area contributed by atoms with E-state index in [0.717, 1.165) is 0 Å². The van der Waals surface area contributed by atoms with Crippen LogP contribution in [0, 0.1) is 17.1 Å². The second-order valence-electron chi connectivity index (χ2n) is 4.46. The van der Waals surface area contributed by atoms with Crippen molar-refractivity contribution >= 4 is 0 Å². The van der Waals surface area contributed by atoms with E-state index in [1.807, 2.05) is 19.9 Å². The molecule has 0 N–H and O–H groups in total. The molecule has 0 aliphatic rings. The highest BCUT2D eigenvalue weighted by Gasteiger charge is 2.07. The molecule has 0 saturated heterocycles. The Morgan fingerprint density at radius 1 is 1.47 bits per heavy atom. The molecule has 1 aromatic carbocycles. The summed E-state index contributed by atoms with van der Waals surface area (Å²) in [7, 11) is 0. The van der Waals surface area contributed by atoms with E-state index in [1.165, 1.54) is 18.2 Å². The molecule has 1 aromatic heterocycles. The van der Waals surface area contributed by atoms with Crippen molar-refractivity contribution < 1.29 is 9.13 Å². The summed E-state index contributed by atoms with van der Waals surface area (Å²) in [6, 6.07) is 6.42. The van der Waals surface area contributed by atoms with E-state index in [2.05, 4.69) is 5.10 Å². The van der Waals surface area contributed by atoms with Crippen molar-refractivity contribution in [3.63, 3.8) is 0 Å². The van der Waals surface area contributed by atoms with Gasteiger partial charge in [-0.15, -0.1) is 0 Å². The van der Waals surface area contributed by atoms with Gasteiger partial charge in [0.15, 0.2) is 5.75 Å². The van der Waals surface area contributed by atoms with Gasteiger partial charge in [0.05, 0.1) is 24.0 Å². The van der Waals surface area contributed by atoms with Gasteiger partial charge in [-0.2, -0.15) is 10.4 Å². The van der Waals surface area contributed by atoms with Crippen LogP contribution < -0.4 is 4.74 Å². The molecular weight excluding hydrogens is 245 g/mol. The van der Waals surface area contributed by atoms with E-state index >= 15 is 0 Å². The lowest BCUT2D eigenvalue weighted by molar-refractivity contribution is 0.299. The van der Waals surface area contributed by atoms with Crippen LogP contribution in [0.25, 0.3) is 0 Å². The second-order valence-corrected chi connectivity index (χ2v) is 4.46. The number of ether oxygens (including phenoxy) is 1. The molecule has 98 valence electrons. The molecule has 0 fully saturated rings. The number of benzene rings is 1. The van der Waals surface area contributed by atoms with Crippen LogP contribution in [0.1, 0.15) is 31.0 Å². The highest BCUT2D eigenvalue weighted by Crippen LogP contribution is 2.16. The van der Waals surface area contributed by atoms with Gasteiger partial charge in [-0.25, -0.2) is 4.39 Å². The van der Waals surface area contributed by atoms with Crippen molar-refractivity contribution in [3.05, 3.63) is 47.5 Å². The van der Waals surface area contributed by atoms with Gasteiger partial charge in [-0.05, 0) is 32.0 Å². The Balaban J connectivity index is 2.07. The number of nitrogens with zero attached hydrogens (tertiary/aromatic N) is 3. The van der Waals surface area contributed by atoms with Crippen molar-refractivity contribution in [2.75, 3.05) is 0 Å². The van der Waals surface area contributed by atoms with Crippen molar-refractivity contribution in [2.24, 2.45) is 0 Å². The number of aromatic nitrogens is 2. The first-order chi connectivity index (χ1) is 9.10. The molecule has 5 heteroatoms. The fraction of sp³-hybridized carbons (Fsp3) is 0.286. The molecule has 19 heavy (non-hydrogen) atoms. The Bertz CT molecular complexity index is 613. The molecule has 0 aliphatic heterocycles. The number of halogens is 1. The highest BCUT2D eigenvalue weighted by molar-refractivity contribution is 5.33. The number of rotatable bonds is 4. The maximum absolute atomic E-state index is 13.5. The topological polar surface area (TPSA) is 50.8 Å². The van der Waals surface area contributed by atoms with Crippen molar-refractivity contribution in [3.8, 4) is 11.8 Å². The van der Waals surface area contributed by atoms with Gasteiger partial charge in [-0.3, -0.25) is 4.68 Å². The molecular formula is C14H14FN3O. The minimum absolute atomic E-state index is 0.0745. The number of nitriles is 1. The fourth-order valence-corrected chi connectivity index (χ4v) is 1.59. The molecule has 0 radical (unpaired) electrons. The SMILES string of the molecule is CC(C)n1cc(OCc2cc(C#N)ccc2F)cn1. The summed E-state index contributed by atoms with van der Waals surface area (Å²) in [4.78, 5) is 0. The lowest BCUT2D eigenvalue weighted by atomic mass is 10.1. The maximum Gasteiger partial charge on any atom is 0.157 e. The van der Waals surface area contributed by atoms with Crippen LogP contribution in [0.3, 0.4) is 0 Å². The molecule has 0 saturated carbocycles. The van der Waals surface area contributed by atoms with Crippen molar-refractivity contribution in [2.45, 2.75) is 26.5 Å². The third kappa shape index (κ3) is 3.10. The molecule has 0 bridgehead atoms. The minimum Gasteiger partial charge on any atom is -0.486 e. The normalized spacial score (nSPS) is 10.5. The molecule has 0 unspecified atom stereocenters. The zero-order valence-electron chi connectivity index (χ0n) is 10.8. The van der Waals surface area contributed by atoms with Gasteiger partial charge in [0, 0.05) is 11.6 Å². The largest absolute Gasteiger partial charge is 0.486 e. The predicted octanol–water partition coefficient (Wildman–Crippen LogP) is 3.05. The van der Waals surface area contributed by atoms with Crippen LogP contribution in [0.15, 0.2) is 30.6 Å². The Morgan fingerprint density at radius 2 is 2.26 bits per heavy atom. The van der Waals surface area contributed by atoms with Crippen LogP contribution >= 0.6 is 0 Å². The first-order valence-corrected chi connectivity index (χ1v) is 5.95. The molecule has 2 aromatic rings. The highest BCUT2D eigenvalue weighted by atomic mass is 19.1. The van der Waals surface area contributed by atoms with Crippen molar-refractivity contribution in [1.29, 1.82) is 5.26 Å². The summed E-state index contributed by atoms with van der Waals surface area (Å²) in [6.45, 7) is 4.09. The summed E-state index contributed by atoms with van der Waals surface area (Å²) in [5.41, 5.74) is 0.772. The Labute approximate surface area is 111 Å². The molecule has 0 aliphatic carbocycles. The lowest BCUT2D eigenvalue weighted by Crippen LogP contribution is -2.00. The van der Waals surface area contributed by atoms with Gasteiger partial charge >= 0.3 is 0 Å². The molecule has 4 nitrogen and oxygen atoms in total. The van der Waals surface area contributed by atoms with Gasteiger partial charge in [-0.1, -0.05) is 0 Å². The van der Waals surface area contributed by atoms with Crippen LogP contribution in [-0.2, 0) is 6.61 Å². The third-order valence-electron chi connectivity index (χ3n) is 2.68. The molecule has 1 heterocycles. The third-order valence-corrected chi connectivity index (χ3v) is 2.68. The zero-order valence-corrected chi connectivity index (χ0v) is 10.8. The minimum atomic E-state index is -0.379. The summed E-state index contributed by atoms with van der Waals surface area (Å²) in [6.07, 6.45) is 3.35. The van der Waals surface area contributed by atoms with Gasteiger partial charge in [0.2, 0.25) is 0 Å². The quantitative estimate of drug-likeness (QED) is 0.847. The van der Waals surface area contributed by atoms with Crippen LogP contribution in [-0.4, -0.2) is 9.78 Å². The maximum atomic E-state index is 13.5. The Kier molecular flexibility index (Phi) is 3.81. The Hall–Kier alpha value is -2.35. The smallest absolute Gasteiger partial charge is 0.157 e. The second kappa shape index (κ2) is 5.53. The van der Waals surface area contributed by atoms with E-state index in [0.29, 0.717) is 16.9 Å². The standard InChI is InChI=1S/C14H14FN3O/c1-10(2)18-8-13(7-17-18)19-9-12-5-11(6-16)3-4-14(12)15/h3-5,7-8,10H,9H2,1-2H3. The first kappa shape index (κ1) is 13.1. The summed E-state index contributed by atoms with van der Waals surface area (Å²) in [5, 5.41) is 12.9. The molecule has 2 rings (SSSR count). The zero-order chi connectivity index (χ0) is 13.8. The van der Waals surface area contributed by atoms with Gasteiger partial charge < -0.3 is 4.74 Å². The van der Waals surface area contributed by atoms with E-state index < -0.39 is 0 Å². The number of hydrogen-bond acceptors (Lipinski definition) is 3. The van der Waals surface area contributed by atoms with E-state index in [4.69, 9.17) is 10.00 Å². The average Bonchev–Trinajstić information content (AvgIpc) is 2.87. The average molecular weight is 259 g/mol. The molecule has 0 atom stereocenters. The molecule has 0 spiro atoms. The van der Waals surface area contributed by atoms with Crippen LogP contribution in [0.4, 0.5) is 4.39 Å². The monoisotopic (exact) mass is 259 g/mol.